The number of carbonyl (C=O) groups is 1. The summed E-state index contributed by atoms with van der Waals surface area (Å²) in [5.74, 6) is 2.74. The van der Waals surface area contributed by atoms with Crippen LogP contribution < -0.4 is 9.80 Å². The van der Waals surface area contributed by atoms with E-state index in [1.807, 2.05) is 30.0 Å². The second-order valence-corrected chi connectivity index (χ2v) is 7.66. The molecule has 0 aromatic carbocycles. The number of rotatable bonds is 5. The second kappa shape index (κ2) is 6.44. The zero-order chi connectivity index (χ0) is 17.4. The number of amides is 1. The van der Waals surface area contributed by atoms with Gasteiger partial charge in [0.2, 0.25) is 5.91 Å². The Hall–Kier alpha value is -1.89. The van der Waals surface area contributed by atoms with E-state index >= 15 is 0 Å². The summed E-state index contributed by atoms with van der Waals surface area (Å²) in [6.45, 7) is 4.41. The topological polar surface area (TPSA) is 61.8 Å². The highest BCUT2D eigenvalue weighted by molar-refractivity contribution is 5.78. The maximum atomic E-state index is 11.8. The highest BCUT2D eigenvalue weighted by atomic mass is 16.5. The van der Waals surface area contributed by atoms with Crippen LogP contribution in [0.4, 0.5) is 11.6 Å². The summed E-state index contributed by atoms with van der Waals surface area (Å²) in [6, 6.07) is 2.03. The smallest absolute Gasteiger partial charge is 0.222 e. The molecule has 1 aromatic rings. The second-order valence-electron chi connectivity index (χ2n) is 7.66. The summed E-state index contributed by atoms with van der Waals surface area (Å²) in [6.07, 6.45) is 5.51. The average Bonchev–Trinajstić information content (AvgIpc) is 3.17. The summed E-state index contributed by atoms with van der Waals surface area (Å²) < 4.78 is 6.16. The van der Waals surface area contributed by atoms with E-state index in [-0.39, 0.29) is 5.60 Å². The summed E-state index contributed by atoms with van der Waals surface area (Å²) in [5.41, 5.74) is -0.0496. The summed E-state index contributed by atoms with van der Waals surface area (Å²) >= 11 is 0. The van der Waals surface area contributed by atoms with Gasteiger partial charge in [0.25, 0.3) is 0 Å². The highest BCUT2D eigenvalue weighted by Crippen LogP contribution is 2.43. The average molecular weight is 345 g/mol. The van der Waals surface area contributed by atoms with Crippen LogP contribution in [0.25, 0.3) is 0 Å². The molecular weight excluding hydrogens is 318 g/mol. The SMILES string of the molecule is CN(C)c1cc(N2CC3(C2)OCC[C@H]3CCN2CCCC2=O)ncn1. The molecule has 0 saturated carbocycles. The van der Waals surface area contributed by atoms with Crippen LogP contribution in [-0.4, -0.2) is 73.3 Å². The Bertz CT molecular complexity index is 644. The molecular formula is C18H27N5O2. The lowest BCUT2D eigenvalue weighted by Gasteiger charge is -2.51. The number of carbonyl (C=O) groups excluding carboxylic acids is 1. The van der Waals surface area contributed by atoms with E-state index in [1.54, 1.807) is 6.33 Å². The first-order valence-electron chi connectivity index (χ1n) is 9.23. The molecule has 3 aliphatic rings. The molecule has 4 heterocycles. The van der Waals surface area contributed by atoms with Gasteiger partial charge in [-0.2, -0.15) is 0 Å². The molecule has 3 fully saturated rings. The van der Waals surface area contributed by atoms with Crippen LogP contribution >= 0.6 is 0 Å². The molecule has 0 bridgehead atoms. The first kappa shape index (κ1) is 16.6. The summed E-state index contributed by atoms with van der Waals surface area (Å²) in [7, 11) is 3.97. The minimum atomic E-state index is -0.0496. The van der Waals surface area contributed by atoms with Crippen molar-refractivity contribution in [3.05, 3.63) is 12.4 Å². The van der Waals surface area contributed by atoms with Gasteiger partial charge in [0.15, 0.2) is 0 Å². The minimum Gasteiger partial charge on any atom is -0.371 e. The maximum Gasteiger partial charge on any atom is 0.222 e. The third kappa shape index (κ3) is 3.05. The minimum absolute atomic E-state index is 0.0496. The first-order valence-corrected chi connectivity index (χ1v) is 9.23. The van der Waals surface area contributed by atoms with Crippen LogP contribution in [0.5, 0.6) is 0 Å². The lowest BCUT2D eigenvalue weighted by molar-refractivity contribution is -0.128. The van der Waals surface area contributed by atoms with Gasteiger partial charge in [0, 0.05) is 46.3 Å². The molecule has 4 rings (SSSR count). The van der Waals surface area contributed by atoms with Crippen molar-refractivity contribution in [2.75, 3.05) is 56.7 Å². The largest absolute Gasteiger partial charge is 0.371 e. The number of nitrogens with zero attached hydrogens (tertiary/aromatic N) is 5. The Morgan fingerprint density at radius 2 is 2.20 bits per heavy atom. The molecule has 136 valence electrons. The van der Waals surface area contributed by atoms with E-state index in [0.717, 1.165) is 70.1 Å². The Morgan fingerprint density at radius 3 is 2.92 bits per heavy atom. The van der Waals surface area contributed by atoms with Crippen molar-refractivity contribution in [2.45, 2.75) is 31.3 Å². The van der Waals surface area contributed by atoms with E-state index < -0.39 is 0 Å². The normalized spacial score (nSPS) is 24.9. The third-order valence-electron chi connectivity index (χ3n) is 5.86. The van der Waals surface area contributed by atoms with E-state index in [9.17, 15) is 4.79 Å². The number of hydrogen-bond donors (Lipinski definition) is 0. The number of aromatic nitrogens is 2. The number of hydrogen-bond acceptors (Lipinski definition) is 6. The molecule has 7 nitrogen and oxygen atoms in total. The van der Waals surface area contributed by atoms with E-state index in [1.165, 1.54) is 0 Å². The van der Waals surface area contributed by atoms with Gasteiger partial charge < -0.3 is 19.4 Å². The predicted octanol–water partition coefficient (Wildman–Crippen LogP) is 1.15. The molecule has 0 aliphatic carbocycles. The van der Waals surface area contributed by atoms with Gasteiger partial charge in [0.1, 0.15) is 23.6 Å². The number of ether oxygens (including phenoxy) is 1. The van der Waals surface area contributed by atoms with E-state index in [2.05, 4.69) is 14.9 Å². The summed E-state index contributed by atoms with van der Waals surface area (Å²) in [4.78, 5) is 26.8. The fourth-order valence-corrected chi connectivity index (χ4v) is 4.31. The van der Waals surface area contributed by atoms with Crippen LogP contribution in [0.1, 0.15) is 25.7 Å². The van der Waals surface area contributed by atoms with Crippen LogP contribution in [0, 0.1) is 5.92 Å². The van der Waals surface area contributed by atoms with Crippen molar-refractivity contribution in [3.63, 3.8) is 0 Å². The molecule has 3 aliphatic heterocycles. The first-order chi connectivity index (χ1) is 12.1. The molecule has 1 atom stereocenters. The third-order valence-corrected chi connectivity index (χ3v) is 5.86. The van der Waals surface area contributed by atoms with Crippen LogP contribution in [0.2, 0.25) is 0 Å². The van der Waals surface area contributed by atoms with E-state index in [4.69, 9.17) is 4.74 Å². The van der Waals surface area contributed by atoms with Gasteiger partial charge in [-0.25, -0.2) is 9.97 Å². The van der Waals surface area contributed by atoms with Crippen molar-refractivity contribution < 1.29 is 9.53 Å². The van der Waals surface area contributed by atoms with Gasteiger partial charge in [-0.15, -0.1) is 0 Å². The molecule has 0 unspecified atom stereocenters. The molecule has 1 aromatic heterocycles. The number of anilines is 2. The molecule has 1 spiro atoms. The Balaban J connectivity index is 1.37. The molecule has 0 N–H and O–H groups in total. The lowest BCUT2D eigenvalue weighted by Crippen LogP contribution is -2.65. The maximum absolute atomic E-state index is 11.8. The van der Waals surface area contributed by atoms with E-state index in [0.29, 0.717) is 11.8 Å². The van der Waals surface area contributed by atoms with Crippen LogP contribution in [-0.2, 0) is 9.53 Å². The standard InChI is InChI=1S/C18H27N5O2/c1-21(2)15-10-16(20-13-19-15)23-11-18(12-23)14(6-9-25-18)5-8-22-7-3-4-17(22)24/h10,13-14H,3-9,11-12H2,1-2H3/t14-/m1/s1. The van der Waals surface area contributed by atoms with Crippen LogP contribution in [0.3, 0.4) is 0 Å². The van der Waals surface area contributed by atoms with Crippen molar-refractivity contribution in [1.29, 1.82) is 0 Å². The Labute approximate surface area is 149 Å². The molecule has 1 amide bonds. The zero-order valence-electron chi connectivity index (χ0n) is 15.1. The fourth-order valence-electron chi connectivity index (χ4n) is 4.31. The quantitative estimate of drug-likeness (QED) is 0.798. The number of likely N-dealkylation sites (tertiary alicyclic amines) is 1. The van der Waals surface area contributed by atoms with Gasteiger partial charge in [-0.05, 0) is 25.2 Å². The monoisotopic (exact) mass is 345 g/mol. The van der Waals surface area contributed by atoms with Crippen molar-refractivity contribution in [3.8, 4) is 0 Å². The van der Waals surface area contributed by atoms with Gasteiger partial charge in [0.05, 0.1) is 13.1 Å². The van der Waals surface area contributed by atoms with Gasteiger partial charge >= 0.3 is 0 Å². The van der Waals surface area contributed by atoms with Gasteiger partial charge in [-0.1, -0.05) is 0 Å². The van der Waals surface area contributed by atoms with Gasteiger partial charge in [-0.3, -0.25) is 4.79 Å². The molecule has 3 saturated heterocycles. The van der Waals surface area contributed by atoms with Crippen molar-refractivity contribution >= 4 is 17.5 Å². The van der Waals surface area contributed by atoms with Crippen molar-refractivity contribution in [1.82, 2.24) is 14.9 Å². The Kier molecular flexibility index (Phi) is 4.27. The Morgan fingerprint density at radius 1 is 1.36 bits per heavy atom. The predicted molar refractivity (Wildman–Crippen MR) is 95.8 cm³/mol. The highest BCUT2D eigenvalue weighted by Gasteiger charge is 2.53. The zero-order valence-corrected chi connectivity index (χ0v) is 15.1. The molecule has 25 heavy (non-hydrogen) atoms. The summed E-state index contributed by atoms with van der Waals surface area (Å²) in [5, 5.41) is 0. The molecule has 0 radical (unpaired) electrons. The lowest BCUT2D eigenvalue weighted by atomic mass is 9.79. The molecule has 7 heteroatoms. The fraction of sp³-hybridized carbons (Fsp3) is 0.722. The van der Waals surface area contributed by atoms with Crippen molar-refractivity contribution in [2.24, 2.45) is 5.92 Å². The van der Waals surface area contributed by atoms with Crippen LogP contribution in [0.15, 0.2) is 12.4 Å².